The molecule has 0 amide bonds. The predicted octanol–water partition coefficient (Wildman–Crippen LogP) is 2.19. The summed E-state index contributed by atoms with van der Waals surface area (Å²) in [6.45, 7) is 0.614. The summed E-state index contributed by atoms with van der Waals surface area (Å²) in [6.07, 6.45) is 0.897. The Hall–Kier alpha value is -0.270. The average Bonchev–Trinajstić information content (AvgIpc) is 2.94. The Morgan fingerprint density at radius 2 is 2.25 bits per heavy atom. The molecule has 1 atom stereocenters. The third kappa shape index (κ3) is 3.31. The van der Waals surface area contributed by atoms with Crippen LogP contribution >= 0.6 is 23.4 Å². The normalized spacial score (nSPS) is 19.7. The zero-order chi connectivity index (χ0) is 14.8. The lowest BCUT2D eigenvalue weighted by atomic mass is 10.2. The van der Waals surface area contributed by atoms with Gasteiger partial charge < -0.3 is 5.32 Å². The summed E-state index contributed by atoms with van der Waals surface area (Å²) in [7, 11) is -0.0638. The Morgan fingerprint density at radius 3 is 2.85 bits per heavy atom. The molecule has 20 heavy (non-hydrogen) atoms. The second-order valence-electron chi connectivity index (χ2n) is 4.83. The van der Waals surface area contributed by atoms with Crippen molar-refractivity contribution in [3.05, 3.63) is 28.8 Å². The van der Waals surface area contributed by atoms with Crippen molar-refractivity contribution in [3.8, 4) is 0 Å². The van der Waals surface area contributed by atoms with Crippen molar-refractivity contribution in [3.63, 3.8) is 0 Å². The molecule has 1 unspecified atom stereocenters. The molecule has 1 aromatic rings. The van der Waals surface area contributed by atoms with Crippen LogP contribution < -0.4 is 5.32 Å². The van der Waals surface area contributed by atoms with Gasteiger partial charge in [0.1, 0.15) is 4.90 Å². The van der Waals surface area contributed by atoms with Crippen molar-refractivity contribution in [2.45, 2.75) is 23.9 Å². The van der Waals surface area contributed by atoms with Crippen LogP contribution in [0, 0.1) is 0 Å². The summed E-state index contributed by atoms with van der Waals surface area (Å²) in [5, 5.41) is 3.29. The standard InChI is InChI=1S/C13H19ClN2O2S2/c1-15-8-10-3-4-12(14)13(7-10)20(17,18)16(2)11-5-6-19-9-11/h3-4,7,11,15H,5-6,8-9H2,1-2H3. The lowest BCUT2D eigenvalue weighted by molar-refractivity contribution is 0.394. The molecule has 0 spiro atoms. The number of halogens is 1. The van der Waals surface area contributed by atoms with Gasteiger partial charge >= 0.3 is 0 Å². The van der Waals surface area contributed by atoms with Crippen LogP contribution in [0.3, 0.4) is 0 Å². The lowest BCUT2D eigenvalue weighted by Gasteiger charge is -2.24. The van der Waals surface area contributed by atoms with Gasteiger partial charge in [0.25, 0.3) is 0 Å². The molecule has 1 aliphatic rings. The minimum Gasteiger partial charge on any atom is -0.316 e. The predicted molar refractivity (Wildman–Crippen MR) is 84.9 cm³/mol. The first-order chi connectivity index (χ1) is 9.46. The molecule has 1 aliphatic heterocycles. The minimum atomic E-state index is -3.53. The van der Waals surface area contributed by atoms with Gasteiger partial charge in [-0.2, -0.15) is 16.1 Å². The molecule has 1 aromatic carbocycles. The third-order valence-corrected chi connectivity index (χ3v) is 6.99. The smallest absolute Gasteiger partial charge is 0.244 e. The van der Waals surface area contributed by atoms with E-state index in [1.165, 1.54) is 4.31 Å². The largest absolute Gasteiger partial charge is 0.316 e. The number of sulfonamides is 1. The van der Waals surface area contributed by atoms with E-state index in [0.717, 1.165) is 23.5 Å². The van der Waals surface area contributed by atoms with Crippen LogP contribution in [0.15, 0.2) is 23.1 Å². The maximum absolute atomic E-state index is 12.7. The molecule has 1 fully saturated rings. The maximum Gasteiger partial charge on any atom is 0.244 e. The van der Waals surface area contributed by atoms with Crippen LogP contribution in [0.2, 0.25) is 5.02 Å². The Kier molecular flexibility index (Phi) is 5.36. The number of hydrogen-bond donors (Lipinski definition) is 1. The first-order valence-electron chi connectivity index (χ1n) is 6.45. The Labute approximate surface area is 129 Å². The molecule has 0 aliphatic carbocycles. The van der Waals surface area contributed by atoms with Crippen molar-refractivity contribution >= 4 is 33.4 Å². The molecule has 7 heteroatoms. The van der Waals surface area contributed by atoms with Crippen molar-refractivity contribution in [2.75, 3.05) is 25.6 Å². The fourth-order valence-electron chi connectivity index (χ4n) is 2.22. The van der Waals surface area contributed by atoms with Gasteiger partial charge in [-0.25, -0.2) is 8.42 Å². The fourth-order valence-corrected chi connectivity index (χ4v) is 5.49. The van der Waals surface area contributed by atoms with Crippen molar-refractivity contribution in [2.24, 2.45) is 0 Å². The summed E-state index contributed by atoms with van der Waals surface area (Å²) < 4.78 is 26.9. The number of nitrogens with zero attached hydrogens (tertiary/aromatic N) is 1. The summed E-state index contributed by atoms with van der Waals surface area (Å²) in [4.78, 5) is 0.200. The van der Waals surface area contributed by atoms with Crippen molar-refractivity contribution < 1.29 is 8.42 Å². The number of benzene rings is 1. The van der Waals surface area contributed by atoms with Gasteiger partial charge in [0.05, 0.1) is 5.02 Å². The van der Waals surface area contributed by atoms with E-state index in [9.17, 15) is 8.42 Å². The van der Waals surface area contributed by atoms with Gasteiger partial charge in [0.15, 0.2) is 0 Å². The molecular formula is C13H19ClN2O2S2. The summed E-state index contributed by atoms with van der Waals surface area (Å²) >= 11 is 7.89. The highest BCUT2D eigenvalue weighted by Crippen LogP contribution is 2.30. The summed E-state index contributed by atoms with van der Waals surface area (Å²) in [5.41, 5.74) is 0.907. The monoisotopic (exact) mass is 334 g/mol. The SMILES string of the molecule is CNCc1ccc(Cl)c(S(=O)(=O)N(C)C2CCSC2)c1. The van der Waals surface area contributed by atoms with Gasteiger partial charge in [0.2, 0.25) is 10.0 Å². The third-order valence-electron chi connectivity index (χ3n) is 3.45. The van der Waals surface area contributed by atoms with E-state index in [1.54, 1.807) is 30.9 Å². The molecule has 2 rings (SSSR count). The number of thioether (sulfide) groups is 1. The van der Waals surface area contributed by atoms with Gasteiger partial charge in [-0.3, -0.25) is 0 Å². The Bertz CT molecular complexity index is 572. The quantitative estimate of drug-likeness (QED) is 0.896. The van der Waals surface area contributed by atoms with Crippen molar-refractivity contribution in [1.29, 1.82) is 0 Å². The molecule has 1 heterocycles. The molecule has 0 saturated carbocycles. The lowest BCUT2D eigenvalue weighted by Crippen LogP contribution is -2.37. The average molecular weight is 335 g/mol. The van der Waals surface area contributed by atoms with Crippen molar-refractivity contribution in [1.82, 2.24) is 9.62 Å². The van der Waals surface area contributed by atoms with E-state index in [1.807, 2.05) is 13.1 Å². The van der Waals surface area contributed by atoms with E-state index >= 15 is 0 Å². The molecule has 4 nitrogen and oxygen atoms in total. The molecule has 112 valence electrons. The number of rotatable bonds is 5. The highest BCUT2D eigenvalue weighted by Gasteiger charge is 2.31. The van der Waals surface area contributed by atoms with E-state index in [4.69, 9.17) is 11.6 Å². The van der Waals surface area contributed by atoms with Gasteiger partial charge in [0, 0.05) is 25.4 Å². The molecular weight excluding hydrogens is 316 g/mol. The second kappa shape index (κ2) is 6.66. The highest BCUT2D eigenvalue weighted by molar-refractivity contribution is 7.99. The zero-order valence-electron chi connectivity index (χ0n) is 11.6. The van der Waals surface area contributed by atoms with Crippen LogP contribution in [0.1, 0.15) is 12.0 Å². The highest BCUT2D eigenvalue weighted by atomic mass is 35.5. The molecule has 1 saturated heterocycles. The molecule has 0 aromatic heterocycles. The van der Waals surface area contributed by atoms with Gasteiger partial charge in [-0.05, 0) is 36.9 Å². The fraction of sp³-hybridized carbons (Fsp3) is 0.538. The second-order valence-corrected chi connectivity index (χ2v) is 8.36. The van der Waals surface area contributed by atoms with E-state index in [2.05, 4.69) is 5.32 Å². The van der Waals surface area contributed by atoms with Crippen LogP contribution in [-0.2, 0) is 16.6 Å². The van der Waals surface area contributed by atoms with Crippen LogP contribution in [-0.4, -0.2) is 44.4 Å². The summed E-state index contributed by atoms with van der Waals surface area (Å²) in [6, 6.07) is 5.21. The first kappa shape index (κ1) is 16.1. The molecule has 1 N–H and O–H groups in total. The maximum atomic E-state index is 12.7. The minimum absolute atomic E-state index is 0.0639. The molecule has 0 bridgehead atoms. The van der Waals surface area contributed by atoms with E-state index < -0.39 is 10.0 Å². The topological polar surface area (TPSA) is 49.4 Å². The van der Waals surface area contributed by atoms with E-state index in [0.29, 0.717) is 6.54 Å². The van der Waals surface area contributed by atoms with E-state index in [-0.39, 0.29) is 16.0 Å². The number of nitrogens with one attached hydrogen (secondary N) is 1. The van der Waals surface area contributed by atoms with Crippen LogP contribution in [0.4, 0.5) is 0 Å². The van der Waals surface area contributed by atoms with Gasteiger partial charge in [-0.1, -0.05) is 17.7 Å². The van der Waals surface area contributed by atoms with Crippen LogP contribution in [0.5, 0.6) is 0 Å². The molecule has 0 radical (unpaired) electrons. The van der Waals surface area contributed by atoms with Gasteiger partial charge in [-0.15, -0.1) is 0 Å². The first-order valence-corrected chi connectivity index (χ1v) is 9.43. The number of hydrogen-bond acceptors (Lipinski definition) is 4. The Morgan fingerprint density at radius 1 is 1.50 bits per heavy atom. The Balaban J connectivity index is 2.34. The zero-order valence-corrected chi connectivity index (χ0v) is 14.0. The summed E-state index contributed by atoms with van der Waals surface area (Å²) in [5.74, 6) is 1.86. The van der Waals surface area contributed by atoms with Crippen LogP contribution in [0.25, 0.3) is 0 Å².